The molecule has 0 saturated carbocycles. The molecule has 0 saturated heterocycles. The zero-order valence-corrected chi connectivity index (χ0v) is 6.08. The van der Waals surface area contributed by atoms with Crippen molar-refractivity contribution in [1.29, 1.82) is 0 Å². The Morgan fingerprint density at radius 1 is 1.78 bits per heavy atom. The number of hydrogen-bond donors (Lipinski definition) is 0. The first-order valence-corrected chi connectivity index (χ1v) is 3.71. The molecule has 1 heterocycles. The average Bonchev–Trinajstić information content (AvgIpc) is 1.93. The van der Waals surface area contributed by atoms with Crippen LogP contribution in [0.4, 0.5) is 4.39 Å². The van der Waals surface area contributed by atoms with Gasteiger partial charge >= 0.3 is 54.7 Å². The summed E-state index contributed by atoms with van der Waals surface area (Å²) in [5, 5.41) is 0. The SMILES string of the molecule is CC1=C[P+]#CCC(F)=C1. The van der Waals surface area contributed by atoms with E-state index in [0.29, 0.717) is 6.42 Å². The monoisotopic (exact) mass is 141 g/mol. The van der Waals surface area contributed by atoms with Crippen LogP contribution >= 0.6 is 8.04 Å². The molecule has 0 amide bonds. The van der Waals surface area contributed by atoms with E-state index in [1.807, 2.05) is 12.7 Å². The first-order chi connectivity index (χ1) is 4.29. The van der Waals surface area contributed by atoms with Gasteiger partial charge in [-0.25, -0.2) is 0 Å². The summed E-state index contributed by atoms with van der Waals surface area (Å²) in [6, 6.07) is 0. The first-order valence-electron chi connectivity index (χ1n) is 2.74. The molecule has 1 aliphatic heterocycles. The molecule has 0 nitrogen and oxygen atoms in total. The van der Waals surface area contributed by atoms with Gasteiger partial charge in [0.2, 0.25) is 0 Å². The van der Waals surface area contributed by atoms with Crippen LogP contribution in [0.1, 0.15) is 13.3 Å². The molecule has 0 fully saturated rings. The summed E-state index contributed by atoms with van der Waals surface area (Å²) in [6.45, 7) is 1.89. The normalized spacial score (nSPS) is 17.6. The minimum atomic E-state index is -0.0891. The van der Waals surface area contributed by atoms with E-state index in [1.54, 1.807) is 6.08 Å². The molecule has 0 bridgehead atoms. The summed E-state index contributed by atoms with van der Waals surface area (Å²) in [5.74, 6) is 1.85. The fourth-order valence-electron chi connectivity index (χ4n) is 0.604. The van der Waals surface area contributed by atoms with Gasteiger partial charge in [0.25, 0.3) is 0 Å². The second-order valence-electron chi connectivity index (χ2n) is 1.93. The van der Waals surface area contributed by atoms with E-state index in [2.05, 4.69) is 5.63 Å². The van der Waals surface area contributed by atoms with E-state index in [-0.39, 0.29) is 5.83 Å². The number of rotatable bonds is 0. The van der Waals surface area contributed by atoms with Gasteiger partial charge in [-0.3, -0.25) is 0 Å². The topological polar surface area (TPSA) is 0 Å². The summed E-state index contributed by atoms with van der Waals surface area (Å²) in [4.78, 5) is 0. The molecular formula is C7H7FP+. The Morgan fingerprint density at radius 3 is 3.33 bits per heavy atom. The third-order valence-electron chi connectivity index (χ3n) is 0.992. The summed E-state index contributed by atoms with van der Waals surface area (Å²) in [6.07, 6.45) is 1.91. The standard InChI is InChI=1S/C7H7FP/c1-6-4-7(8)2-3-9-5-6/h4-5H,2H2,1H3/q+1. The van der Waals surface area contributed by atoms with Crippen LogP contribution in [0, 0.1) is 5.63 Å². The van der Waals surface area contributed by atoms with Crippen LogP contribution in [0.15, 0.2) is 23.3 Å². The molecule has 0 N–H and O–H groups in total. The van der Waals surface area contributed by atoms with Crippen molar-refractivity contribution >= 4 is 8.04 Å². The molecule has 0 spiro atoms. The number of hydrogen-bond acceptors (Lipinski definition) is 0. The van der Waals surface area contributed by atoms with Crippen LogP contribution in [0.2, 0.25) is 0 Å². The Bertz CT molecular complexity index is 227. The Kier molecular flexibility index (Phi) is 2.22. The molecule has 0 unspecified atom stereocenters. The van der Waals surface area contributed by atoms with Crippen LogP contribution in [0.5, 0.6) is 0 Å². The van der Waals surface area contributed by atoms with Crippen molar-refractivity contribution in [3.05, 3.63) is 23.3 Å². The second kappa shape index (κ2) is 2.96. The zero-order chi connectivity index (χ0) is 6.69. The van der Waals surface area contributed by atoms with E-state index >= 15 is 0 Å². The summed E-state index contributed by atoms with van der Waals surface area (Å²) < 4.78 is 12.4. The van der Waals surface area contributed by atoms with Crippen LogP contribution in [-0.2, 0) is 0 Å². The molecule has 0 atom stereocenters. The van der Waals surface area contributed by atoms with Crippen molar-refractivity contribution in [2.75, 3.05) is 0 Å². The van der Waals surface area contributed by atoms with Gasteiger partial charge in [0.15, 0.2) is 0 Å². The molecule has 0 aromatic rings. The van der Waals surface area contributed by atoms with Gasteiger partial charge < -0.3 is 0 Å². The fraction of sp³-hybridized carbons (Fsp3) is 0.286. The van der Waals surface area contributed by atoms with Crippen LogP contribution < -0.4 is 0 Å². The average molecular weight is 141 g/mol. The second-order valence-corrected chi connectivity index (χ2v) is 2.76. The summed E-state index contributed by atoms with van der Waals surface area (Å²) in [5.41, 5.74) is 3.87. The Morgan fingerprint density at radius 2 is 2.56 bits per heavy atom. The molecule has 2 heteroatoms. The maximum absolute atomic E-state index is 12.4. The van der Waals surface area contributed by atoms with Gasteiger partial charge in [-0.05, 0) is 0 Å². The maximum atomic E-state index is 12.4. The number of allylic oxidation sites excluding steroid dienone is 3. The van der Waals surface area contributed by atoms with Crippen molar-refractivity contribution in [3.8, 4) is 5.63 Å². The van der Waals surface area contributed by atoms with E-state index in [0.717, 1.165) is 13.6 Å². The summed E-state index contributed by atoms with van der Waals surface area (Å²) in [7, 11) is 0.990. The molecule has 0 radical (unpaired) electrons. The van der Waals surface area contributed by atoms with Gasteiger partial charge in [-0.1, -0.05) is 0 Å². The molecule has 0 aromatic heterocycles. The van der Waals surface area contributed by atoms with Crippen molar-refractivity contribution in [2.45, 2.75) is 13.3 Å². The summed E-state index contributed by atoms with van der Waals surface area (Å²) >= 11 is 0. The fourth-order valence-corrected chi connectivity index (χ4v) is 1.22. The molecule has 46 valence electrons. The van der Waals surface area contributed by atoms with E-state index < -0.39 is 0 Å². The molecule has 0 aromatic carbocycles. The van der Waals surface area contributed by atoms with Crippen molar-refractivity contribution < 1.29 is 4.39 Å². The van der Waals surface area contributed by atoms with Crippen LogP contribution in [-0.4, -0.2) is 0 Å². The van der Waals surface area contributed by atoms with E-state index in [4.69, 9.17) is 0 Å². The predicted molar refractivity (Wildman–Crippen MR) is 38.4 cm³/mol. The molecule has 9 heavy (non-hydrogen) atoms. The van der Waals surface area contributed by atoms with E-state index in [9.17, 15) is 4.39 Å². The Balaban J connectivity index is 2.88. The quantitative estimate of drug-likeness (QED) is 0.455. The molecule has 0 aliphatic carbocycles. The predicted octanol–water partition coefficient (Wildman–Crippen LogP) is 3.05. The molecule has 1 rings (SSSR count). The number of halogens is 1. The van der Waals surface area contributed by atoms with Crippen molar-refractivity contribution in [2.24, 2.45) is 0 Å². The van der Waals surface area contributed by atoms with Gasteiger partial charge in [-0.15, -0.1) is 0 Å². The first kappa shape index (κ1) is 6.74. The van der Waals surface area contributed by atoms with Crippen molar-refractivity contribution in [1.82, 2.24) is 0 Å². The molecular weight excluding hydrogens is 134 g/mol. The van der Waals surface area contributed by atoms with Crippen LogP contribution in [0.25, 0.3) is 0 Å². The van der Waals surface area contributed by atoms with Crippen molar-refractivity contribution in [3.63, 3.8) is 0 Å². The molecule has 1 aliphatic rings. The van der Waals surface area contributed by atoms with Crippen LogP contribution in [0.3, 0.4) is 0 Å². The zero-order valence-electron chi connectivity index (χ0n) is 5.19. The van der Waals surface area contributed by atoms with Gasteiger partial charge in [0.05, 0.1) is 0 Å². The third-order valence-corrected chi connectivity index (χ3v) is 1.87. The van der Waals surface area contributed by atoms with Gasteiger partial charge in [0, 0.05) is 0 Å². The third kappa shape index (κ3) is 2.13. The minimum absolute atomic E-state index is 0.0891. The Labute approximate surface area is 55.5 Å². The van der Waals surface area contributed by atoms with Gasteiger partial charge in [-0.2, -0.15) is 0 Å². The van der Waals surface area contributed by atoms with E-state index in [1.165, 1.54) is 0 Å². The Hall–Kier alpha value is -0.380. The van der Waals surface area contributed by atoms with Gasteiger partial charge in [0.1, 0.15) is 0 Å².